The molecule has 94 valence electrons. The molecule has 0 bridgehead atoms. The number of hydrogen-bond donors (Lipinski definition) is 1. The van der Waals surface area contributed by atoms with E-state index in [9.17, 15) is 0 Å². The third kappa shape index (κ3) is 3.03. The number of nitrogen functional groups attached to an aromatic ring is 1. The van der Waals surface area contributed by atoms with Crippen molar-refractivity contribution in [1.29, 1.82) is 0 Å². The zero-order chi connectivity index (χ0) is 13.1. The van der Waals surface area contributed by atoms with E-state index in [4.69, 9.17) is 5.73 Å². The van der Waals surface area contributed by atoms with Gasteiger partial charge in [0.15, 0.2) is 0 Å². The highest BCUT2D eigenvalue weighted by atomic mass is 79.9. The zero-order valence-corrected chi connectivity index (χ0v) is 12.6. The van der Waals surface area contributed by atoms with Crippen LogP contribution in [-0.2, 0) is 0 Å². The summed E-state index contributed by atoms with van der Waals surface area (Å²) in [4.78, 5) is 9.28. The lowest BCUT2D eigenvalue weighted by Gasteiger charge is -2.07. The number of nitrogens with two attached hydrogens (primary N) is 1. The van der Waals surface area contributed by atoms with Gasteiger partial charge in [0.2, 0.25) is 0 Å². The first kappa shape index (κ1) is 13.4. The molecule has 0 unspecified atom stereocenters. The fraction of sp³-hybridized carbons (Fsp3) is 0.231. The van der Waals surface area contributed by atoms with Gasteiger partial charge in [-0.2, -0.15) is 0 Å². The average molecular weight is 324 g/mol. The van der Waals surface area contributed by atoms with E-state index >= 15 is 0 Å². The van der Waals surface area contributed by atoms with Gasteiger partial charge in [0.05, 0.1) is 4.47 Å². The molecule has 2 N–H and O–H groups in total. The molecule has 2 aromatic rings. The molecule has 2 rings (SSSR count). The number of anilines is 1. The van der Waals surface area contributed by atoms with Crippen molar-refractivity contribution in [2.24, 2.45) is 0 Å². The summed E-state index contributed by atoms with van der Waals surface area (Å²) >= 11 is 4.98. The monoisotopic (exact) mass is 323 g/mol. The lowest BCUT2D eigenvalue weighted by Crippen LogP contribution is -1.94. The van der Waals surface area contributed by atoms with Crippen LogP contribution in [0.2, 0.25) is 0 Å². The Bertz CT molecular complexity index is 540. The highest BCUT2D eigenvalue weighted by Crippen LogP contribution is 2.34. The molecule has 3 nitrogen and oxygen atoms in total. The van der Waals surface area contributed by atoms with E-state index in [0.29, 0.717) is 11.7 Å². The predicted octanol–water partition coefficient (Wildman–Crippen LogP) is 4.10. The van der Waals surface area contributed by atoms with E-state index in [1.165, 1.54) is 11.9 Å². The standard InChI is InChI=1S/C13H14BrN3S/c1-8(2)9-3-5-10(6-4-9)18-13-11(14)12(15)16-7-17-13/h3-8H,1-2H3,(H2,15,16,17). The van der Waals surface area contributed by atoms with Gasteiger partial charge in [-0.1, -0.05) is 37.7 Å². The molecule has 0 amide bonds. The number of nitrogens with zero attached hydrogens (tertiary/aromatic N) is 2. The van der Waals surface area contributed by atoms with E-state index < -0.39 is 0 Å². The molecule has 0 saturated heterocycles. The SMILES string of the molecule is CC(C)c1ccc(Sc2ncnc(N)c2Br)cc1. The second-order valence-corrected chi connectivity index (χ2v) is 6.06. The van der Waals surface area contributed by atoms with Crippen molar-refractivity contribution in [3.8, 4) is 0 Å². The number of benzene rings is 1. The van der Waals surface area contributed by atoms with Crippen molar-refractivity contribution in [2.45, 2.75) is 29.7 Å². The summed E-state index contributed by atoms with van der Waals surface area (Å²) in [7, 11) is 0. The summed E-state index contributed by atoms with van der Waals surface area (Å²) in [6.07, 6.45) is 1.48. The molecular formula is C13H14BrN3S. The number of halogens is 1. The fourth-order valence-electron chi connectivity index (χ4n) is 1.47. The van der Waals surface area contributed by atoms with E-state index in [1.807, 2.05) is 0 Å². The Hall–Kier alpha value is -1.07. The van der Waals surface area contributed by atoms with Crippen LogP contribution >= 0.6 is 27.7 Å². The average Bonchev–Trinajstić information content (AvgIpc) is 2.36. The van der Waals surface area contributed by atoms with Crippen LogP contribution in [0.4, 0.5) is 5.82 Å². The maximum absolute atomic E-state index is 5.73. The van der Waals surface area contributed by atoms with Crippen molar-refractivity contribution in [2.75, 3.05) is 5.73 Å². The Morgan fingerprint density at radius 2 is 1.83 bits per heavy atom. The first-order valence-corrected chi connectivity index (χ1v) is 7.22. The second-order valence-electron chi connectivity index (χ2n) is 4.20. The molecule has 18 heavy (non-hydrogen) atoms. The minimum Gasteiger partial charge on any atom is -0.383 e. The summed E-state index contributed by atoms with van der Waals surface area (Å²) in [5.41, 5.74) is 7.06. The third-order valence-corrected chi connectivity index (χ3v) is 4.60. The van der Waals surface area contributed by atoms with Gasteiger partial charge in [-0.25, -0.2) is 9.97 Å². The second kappa shape index (κ2) is 5.71. The van der Waals surface area contributed by atoms with Crippen LogP contribution in [0.15, 0.2) is 45.0 Å². The van der Waals surface area contributed by atoms with Gasteiger partial charge in [0.25, 0.3) is 0 Å². The van der Waals surface area contributed by atoms with Crippen molar-refractivity contribution in [3.05, 3.63) is 40.6 Å². The predicted molar refractivity (Wildman–Crippen MR) is 78.8 cm³/mol. The Balaban J connectivity index is 2.21. The molecule has 0 aliphatic carbocycles. The highest BCUT2D eigenvalue weighted by molar-refractivity contribution is 9.10. The molecule has 1 aromatic carbocycles. The first-order chi connectivity index (χ1) is 8.58. The summed E-state index contributed by atoms with van der Waals surface area (Å²) < 4.78 is 0.753. The number of hydrogen-bond acceptors (Lipinski definition) is 4. The van der Waals surface area contributed by atoms with E-state index in [-0.39, 0.29) is 0 Å². The zero-order valence-electron chi connectivity index (χ0n) is 10.2. The molecule has 1 heterocycles. The van der Waals surface area contributed by atoms with Gasteiger partial charge >= 0.3 is 0 Å². The van der Waals surface area contributed by atoms with Crippen LogP contribution in [-0.4, -0.2) is 9.97 Å². The minimum atomic E-state index is 0.464. The van der Waals surface area contributed by atoms with Gasteiger partial charge in [0.1, 0.15) is 17.2 Å². The summed E-state index contributed by atoms with van der Waals surface area (Å²) in [5.74, 6) is 1.01. The molecule has 0 atom stereocenters. The molecule has 0 spiro atoms. The summed E-state index contributed by atoms with van der Waals surface area (Å²) in [5, 5.41) is 0.833. The van der Waals surface area contributed by atoms with Gasteiger partial charge in [0, 0.05) is 4.90 Å². The molecule has 0 aliphatic rings. The van der Waals surface area contributed by atoms with Crippen molar-refractivity contribution >= 4 is 33.5 Å². The quantitative estimate of drug-likeness (QED) is 0.864. The molecule has 0 aliphatic heterocycles. The van der Waals surface area contributed by atoms with Gasteiger partial charge in [-0.15, -0.1) is 0 Å². The van der Waals surface area contributed by atoms with Crippen molar-refractivity contribution < 1.29 is 0 Å². The molecule has 0 saturated carbocycles. The van der Waals surface area contributed by atoms with Crippen LogP contribution in [0.5, 0.6) is 0 Å². The normalized spacial score (nSPS) is 10.9. The topological polar surface area (TPSA) is 51.8 Å². The van der Waals surface area contributed by atoms with E-state index in [2.05, 4.69) is 64.0 Å². The Kier molecular flexibility index (Phi) is 4.24. The fourth-order valence-corrected chi connectivity index (χ4v) is 2.71. The molecule has 5 heteroatoms. The Morgan fingerprint density at radius 3 is 2.44 bits per heavy atom. The number of rotatable bonds is 3. The molecule has 0 radical (unpaired) electrons. The smallest absolute Gasteiger partial charge is 0.142 e. The third-order valence-electron chi connectivity index (χ3n) is 2.55. The molecule has 0 fully saturated rings. The van der Waals surface area contributed by atoms with E-state index in [0.717, 1.165) is 14.4 Å². The van der Waals surface area contributed by atoms with Crippen LogP contribution < -0.4 is 5.73 Å². The lowest BCUT2D eigenvalue weighted by molar-refractivity contribution is 0.865. The summed E-state index contributed by atoms with van der Waals surface area (Å²) in [6.45, 7) is 4.37. The highest BCUT2D eigenvalue weighted by Gasteiger charge is 2.08. The van der Waals surface area contributed by atoms with Gasteiger partial charge in [-0.3, -0.25) is 0 Å². The summed E-state index contributed by atoms with van der Waals surface area (Å²) in [6, 6.07) is 8.49. The maximum atomic E-state index is 5.73. The number of aromatic nitrogens is 2. The van der Waals surface area contributed by atoms with Crippen molar-refractivity contribution in [1.82, 2.24) is 9.97 Å². The van der Waals surface area contributed by atoms with E-state index in [1.54, 1.807) is 11.8 Å². The largest absolute Gasteiger partial charge is 0.383 e. The van der Waals surface area contributed by atoms with Crippen LogP contribution in [0.3, 0.4) is 0 Å². The maximum Gasteiger partial charge on any atom is 0.142 e. The van der Waals surface area contributed by atoms with Crippen molar-refractivity contribution in [3.63, 3.8) is 0 Å². The Morgan fingerprint density at radius 1 is 1.17 bits per heavy atom. The lowest BCUT2D eigenvalue weighted by atomic mass is 10.0. The van der Waals surface area contributed by atoms with Crippen LogP contribution in [0.1, 0.15) is 25.3 Å². The molecule has 1 aromatic heterocycles. The first-order valence-electron chi connectivity index (χ1n) is 5.61. The minimum absolute atomic E-state index is 0.464. The van der Waals surface area contributed by atoms with Crippen LogP contribution in [0, 0.1) is 0 Å². The van der Waals surface area contributed by atoms with Gasteiger partial charge < -0.3 is 5.73 Å². The molecular weight excluding hydrogens is 310 g/mol. The van der Waals surface area contributed by atoms with Crippen LogP contribution in [0.25, 0.3) is 0 Å². The van der Waals surface area contributed by atoms with Gasteiger partial charge in [-0.05, 0) is 39.5 Å². The Labute approximate surface area is 119 Å².